The van der Waals surface area contributed by atoms with Crippen molar-refractivity contribution in [2.75, 3.05) is 13.2 Å². The summed E-state index contributed by atoms with van der Waals surface area (Å²) in [5, 5.41) is 0. The van der Waals surface area contributed by atoms with E-state index < -0.39 is 52.1 Å². The molecular weight excluding hydrogens is 419 g/mol. The van der Waals surface area contributed by atoms with Crippen LogP contribution in [-0.2, 0) is 23.8 Å². The molecule has 0 radical (unpaired) electrons. The van der Waals surface area contributed by atoms with Crippen molar-refractivity contribution in [3.05, 3.63) is 32.9 Å². The highest BCUT2D eigenvalue weighted by atomic mass is 79.9. The first kappa shape index (κ1) is 20.3. The minimum atomic E-state index is -1.19. The molecular formula is C15H18BrFN2O7. The Morgan fingerprint density at radius 3 is 2.58 bits per heavy atom. The van der Waals surface area contributed by atoms with Gasteiger partial charge in [0.15, 0.2) is 6.23 Å². The van der Waals surface area contributed by atoms with Gasteiger partial charge in [-0.05, 0) is 13.8 Å². The lowest BCUT2D eigenvalue weighted by Crippen LogP contribution is -2.37. The number of halogens is 2. The topological polar surface area (TPSA) is 117 Å². The van der Waals surface area contributed by atoms with Crippen molar-refractivity contribution in [1.29, 1.82) is 0 Å². The molecule has 1 aromatic rings. The number of carbonyl (C=O) groups excluding carboxylic acids is 2. The van der Waals surface area contributed by atoms with Crippen LogP contribution in [0.25, 0.3) is 0 Å². The standard InChI is InChI=1S/C15H18BrFN2O7/c1-3-24-9(20)5-8-10(14(22)25-4-2)11(16)13(26-8)19-6-7(17)12(21)18-15(19)23/h6,8,10-11,13H,3-5H2,1-2H3,(H,18,21,23). The van der Waals surface area contributed by atoms with E-state index in [4.69, 9.17) is 14.2 Å². The molecule has 0 bridgehead atoms. The van der Waals surface area contributed by atoms with E-state index in [0.717, 1.165) is 4.57 Å². The van der Waals surface area contributed by atoms with Crippen LogP contribution in [0, 0.1) is 11.7 Å². The summed E-state index contributed by atoms with van der Waals surface area (Å²) < 4.78 is 29.9. The maximum Gasteiger partial charge on any atom is 0.330 e. The molecule has 0 aliphatic carbocycles. The molecule has 144 valence electrons. The predicted molar refractivity (Wildman–Crippen MR) is 89.3 cm³/mol. The van der Waals surface area contributed by atoms with Gasteiger partial charge in [0.2, 0.25) is 5.82 Å². The van der Waals surface area contributed by atoms with Gasteiger partial charge in [0, 0.05) is 0 Å². The van der Waals surface area contributed by atoms with Gasteiger partial charge in [-0.2, -0.15) is 4.39 Å². The van der Waals surface area contributed by atoms with E-state index in [1.807, 2.05) is 4.98 Å². The van der Waals surface area contributed by atoms with E-state index in [0.29, 0.717) is 6.20 Å². The van der Waals surface area contributed by atoms with E-state index in [1.54, 1.807) is 13.8 Å². The van der Waals surface area contributed by atoms with Crippen molar-refractivity contribution < 1.29 is 28.2 Å². The van der Waals surface area contributed by atoms with Gasteiger partial charge in [-0.15, -0.1) is 0 Å². The third kappa shape index (κ3) is 4.21. The van der Waals surface area contributed by atoms with Gasteiger partial charge in [-0.25, -0.2) is 4.79 Å². The Morgan fingerprint density at radius 2 is 1.96 bits per heavy atom. The maximum absolute atomic E-state index is 13.6. The Morgan fingerprint density at radius 1 is 1.31 bits per heavy atom. The minimum absolute atomic E-state index is 0.110. The van der Waals surface area contributed by atoms with Crippen molar-refractivity contribution >= 4 is 27.9 Å². The fourth-order valence-corrected chi connectivity index (χ4v) is 3.61. The number of aromatic amines is 1. The Labute approximate surface area is 155 Å². The molecule has 1 saturated heterocycles. The second kappa shape index (κ2) is 8.58. The molecule has 4 unspecified atom stereocenters. The third-order valence-corrected chi connectivity index (χ3v) is 4.78. The molecule has 4 atom stereocenters. The summed E-state index contributed by atoms with van der Waals surface area (Å²) in [5.74, 6) is -3.35. The van der Waals surface area contributed by atoms with Crippen LogP contribution in [0.1, 0.15) is 26.5 Å². The van der Waals surface area contributed by atoms with Gasteiger partial charge < -0.3 is 14.2 Å². The van der Waals surface area contributed by atoms with Gasteiger partial charge in [0.1, 0.15) is 5.92 Å². The van der Waals surface area contributed by atoms with Gasteiger partial charge in [0.25, 0.3) is 5.56 Å². The average molecular weight is 437 g/mol. The van der Waals surface area contributed by atoms with Gasteiger partial charge in [-0.3, -0.25) is 23.9 Å². The fourth-order valence-electron chi connectivity index (χ4n) is 2.67. The Balaban J connectivity index is 2.36. The summed E-state index contributed by atoms with van der Waals surface area (Å²) in [6.07, 6.45) is -1.65. The van der Waals surface area contributed by atoms with E-state index in [2.05, 4.69) is 15.9 Å². The van der Waals surface area contributed by atoms with Gasteiger partial charge in [0.05, 0.1) is 36.8 Å². The predicted octanol–water partition coefficient (Wildman–Crippen LogP) is 0.469. The molecule has 11 heteroatoms. The number of H-pyrrole nitrogens is 1. The zero-order valence-electron chi connectivity index (χ0n) is 14.1. The van der Waals surface area contributed by atoms with E-state index >= 15 is 0 Å². The summed E-state index contributed by atoms with van der Waals surface area (Å²) >= 11 is 3.27. The van der Waals surface area contributed by atoms with Crippen molar-refractivity contribution in [3.63, 3.8) is 0 Å². The lowest BCUT2D eigenvalue weighted by atomic mass is 9.98. The summed E-state index contributed by atoms with van der Waals surface area (Å²) in [7, 11) is 0. The molecule has 0 spiro atoms. The largest absolute Gasteiger partial charge is 0.466 e. The fraction of sp³-hybridized carbons (Fsp3) is 0.600. The van der Waals surface area contributed by atoms with Crippen molar-refractivity contribution in [2.45, 2.75) is 37.4 Å². The SMILES string of the molecule is CCOC(=O)CC1OC(n2cc(F)c(=O)[nH]c2=O)C(Br)C1C(=O)OCC. The van der Waals surface area contributed by atoms with Gasteiger partial charge in [-0.1, -0.05) is 15.9 Å². The number of aromatic nitrogens is 2. The summed E-state index contributed by atoms with van der Waals surface area (Å²) in [5.41, 5.74) is -2.08. The van der Waals surface area contributed by atoms with Crippen LogP contribution in [0.3, 0.4) is 0 Å². The highest BCUT2D eigenvalue weighted by Crippen LogP contribution is 2.40. The summed E-state index contributed by atoms with van der Waals surface area (Å²) in [4.78, 5) is 48.3. The molecule has 1 fully saturated rings. The highest BCUT2D eigenvalue weighted by molar-refractivity contribution is 9.09. The third-order valence-electron chi connectivity index (χ3n) is 3.76. The van der Waals surface area contributed by atoms with Crippen molar-refractivity contribution in [3.8, 4) is 0 Å². The Kier molecular flexibility index (Phi) is 6.70. The molecule has 2 rings (SSSR count). The number of rotatable bonds is 6. The van der Waals surface area contributed by atoms with E-state index in [-0.39, 0.29) is 19.6 Å². The summed E-state index contributed by atoms with van der Waals surface area (Å²) in [6, 6.07) is 0. The smallest absolute Gasteiger partial charge is 0.330 e. The van der Waals surface area contributed by atoms with Crippen LogP contribution in [-0.4, -0.2) is 45.6 Å². The highest BCUT2D eigenvalue weighted by Gasteiger charge is 2.50. The number of hydrogen-bond acceptors (Lipinski definition) is 7. The Hall–Kier alpha value is -2.01. The number of hydrogen-bond donors (Lipinski definition) is 1. The molecule has 26 heavy (non-hydrogen) atoms. The molecule has 9 nitrogen and oxygen atoms in total. The number of esters is 2. The first-order valence-corrected chi connectivity index (χ1v) is 8.84. The molecule has 1 N–H and O–H groups in total. The van der Waals surface area contributed by atoms with Crippen LogP contribution in [0.15, 0.2) is 15.8 Å². The van der Waals surface area contributed by atoms with Crippen molar-refractivity contribution in [2.24, 2.45) is 5.92 Å². The number of nitrogens with zero attached hydrogens (tertiary/aromatic N) is 1. The molecule has 1 aliphatic heterocycles. The van der Waals surface area contributed by atoms with Crippen LogP contribution in [0.2, 0.25) is 0 Å². The van der Waals surface area contributed by atoms with E-state index in [1.165, 1.54) is 0 Å². The van der Waals surface area contributed by atoms with Crippen LogP contribution < -0.4 is 11.2 Å². The lowest BCUT2D eigenvalue weighted by molar-refractivity contribution is -0.153. The number of carbonyl (C=O) groups is 2. The monoisotopic (exact) mass is 436 g/mol. The zero-order chi connectivity index (χ0) is 19.4. The first-order valence-electron chi connectivity index (χ1n) is 7.92. The second-order valence-corrected chi connectivity index (χ2v) is 6.50. The number of alkyl halides is 1. The van der Waals surface area contributed by atoms with Crippen LogP contribution in [0.5, 0.6) is 0 Å². The number of ether oxygens (including phenoxy) is 3. The molecule has 1 aliphatic rings. The molecule has 0 amide bonds. The van der Waals surface area contributed by atoms with Crippen molar-refractivity contribution in [1.82, 2.24) is 9.55 Å². The Bertz CT molecular complexity index is 793. The normalized spacial score (nSPS) is 25.1. The average Bonchev–Trinajstić information content (AvgIpc) is 2.87. The quantitative estimate of drug-likeness (QED) is 0.508. The number of nitrogens with one attached hydrogen (secondary N) is 1. The van der Waals surface area contributed by atoms with Crippen LogP contribution in [0.4, 0.5) is 4.39 Å². The van der Waals surface area contributed by atoms with Gasteiger partial charge >= 0.3 is 17.6 Å². The maximum atomic E-state index is 13.6. The molecule has 1 aromatic heterocycles. The molecule has 2 heterocycles. The zero-order valence-corrected chi connectivity index (χ0v) is 15.7. The minimum Gasteiger partial charge on any atom is -0.466 e. The lowest BCUT2D eigenvalue weighted by Gasteiger charge is -2.18. The van der Waals surface area contributed by atoms with E-state index in [9.17, 15) is 23.6 Å². The summed E-state index contributed by atoms with van der Waals surface area (Å²) in [6.45, 7) is 3.52. The molecule has 0 saturated carbocycles. The first-order chi connectivity index (χ1) is 12.3. The second-order valence-electron chi connectivity index (χ2n) is 5.44. The van der Waals surface area contributed by atoms with Crippen LogP contribution >= 0.6 is 15.9 Å². The molecule has 0 aromatic carbocycles.